The van der Waals surface area contributed by atoms with Gasteiger partial charge in [-0.05, 0) is 33.6 Å². The molecular formula is C12H24N2O. The second-order valence-electron chi connectivity index (χ2n) is 5.40. The van der Waals surface area contributed by atoms with Crippen LogP contribution in [0.5, 0.6) is 0 Å². The highest BCUT2D eigenvalue weighted by molar-refractivity contribution is 5.78. The smallest absolute Gasteiger partial charge is 0.236 e. The molecule has 1 aliphatic rings. The van der Waals surface area contributed by atoms with E-state index in [1.165, 1.54) is 25.7 Å². The van der Waals surface area contributed by atoms with Gasteiger partial charge in [-0.3, -0.25) is 4.79 Å². The van der Waals surface area contributed by atoms with E-state index < -0.39 is 0 Å². The maximum absolute atomic E-state index is 11.9. The molecule has 0 spiro atoms. The van der Waals surface area contributed by atoms with Gasteiger partial charge in [-0.25, -0.2) is 0 Å². The molecule has 15 heavy (non-hydrogen) atoms. The summed E-state index contributed by atoms with van der Waals surface area (Å²) >= 11 is 0. The Bertz CT molecular complexity index is 200. The fourth-order valence-corrected chi connectivity index (χ4v) is 1.77. The molecule has 1 amide bonds. The molecule has 0 saturated carbocycles. The number of amides is 1. The summed E-state index contributed by atoms with van der Waals surface area (Å²) in [5, 5.41) is 3.25. The van der Waals surface area contributed by atoms with Crippen molar-refractivity contribution in [3.05, 3.63) is 0 Å². The van der Waals surface area contributed by atoms with Gasteiger partial charge >= 0.3 is 0 Å². The third kappa shape index (κ3) is 5.17. The second kappa shape index (κ2) is 5.50. The molecule has 0 aromatic heterocycles. The highest BCUT2D eigenvalue weighted by Gasteiger charge is 2.17. The first-order chi connectivity index (χ1) is 6.99. The van der Waals surface area contributed by atoms with Gasteiger partial charge in [-0.15, -0.1) is 0 Å². The molecule has 1 rings (SSSR count). The standard InChI is InChI=1S/C12H24N2O/c1-12(2,3)13-10-11(15)14-8-6-4-5-7-9-14/h13H,4-10H2,1-3H3. The van der Waals surface area contributed by atoms with Crippen LogP contribution in [0.2, 0.25) is 0 Å². The van der Waals surface area contributed by atoms with Crippen molar-refractivity contribution in [1.29, 1.82) is 0 Å². The van der Waals surface area contributed by atoms with Crippen LogP contribution in [0.3, 0.4) is 0 Å². The summed E-state index contributed by atoms with van der Waals surface area (Å²) in [6, 6.07) is 0. The molecule has 1 saturated heterocycles. The minimum Gasteiger partial charge on any atom is -0.342 e. The van der Waals surface area contributed by atoms with Crippen LogP contribution in [0.25, 0.3) is 0 Å². The highest BCUT2D eigenvalue weighted by Crippen LogP contribution is 2.09. The van der Waals surface area contributed by atoms with E-state index in [2.05, 4.69) is 26.1 Å². The van der Waals surface area contributed by atoms with Gasteiger partial charge in [-0.1, -0.05) is 12.8 Å². The van der Waals surface area contributed by atoms with Crippen LogP contribution in [0, 0.1) is 0 Å². The van der Waals surface area contributed by atoms with Crippen molar-refractivity contribution >= 4 is 5.91 Å². The Morgan fingerprint density at radius 3 is 2.13 bits per heavy atom. The van der Waals surface area contributed by atoms with Gasteiger partial charge in [0.1, 0.15) is 0 Å². The SMILES string of the molecule is CC(C)(C)NCC(=O)N1CCCCCC1. The van der Waals surface area contributed by atoms with Crippen LogP contribution in [0.1, 0.15) is 46.5 Å². The van der Waals surface area contributed by atoms with Crippen molar-refractivity contribution in [3.8, 4) is 0 Å². The third-order valence-corrected chi connectivity index (χ3v) is 2.73. The van der Waals surface area contributed by atoms with Crippen molar-refractivity contribution in [1.82, 2.24) is 10.2 Å². The Kier molecular flexibility index (Phi) is 4.58. The molecular weight excluding hydrogens is 188 g/mol. The predicted molar refractivity (Wildman–Crippen MR) is 62.8 cm³/mol. The highest BCUT2D eigenvalue weighted by atomic mass is 16.2. The van der Waals surface area contributed by atoms with Gasteiger partial charge in [0, 0.05) is 18.6 Å². The van der Waals surface area contributed by atoms with E-state index >= 15 is 0 Å². The van der Waals surface area contributed by atoms with Gasteiger partial charge in [0.15, 0.2) is 0 Å². The van der Waals surface area contributed by atoms with Crippen molar-refractivity contribution in [2.75, 3.05) is 19.6 Å². The van der Waals surface area contributed by atoms with Crippen LogP contribution >= 0.6 is 0 Å². The lowest BCUT2D eigenvalue weighted by molar-refractivity contribution is -0.130. The molecule has 0 atom stereocenters. The van der Waals surface area contributed by atoms with E-state index in [4.69, 9.17) is 0 Å². The van der Waals surface area contributed by atoms with Crippen LogP contribution < -0.4 is 5.32 Å². The Hall–Kier alpha value is -0.570. The minimum atomic E-state index is 0.0293. The molecule has 0 aromatic rings. The first-order valence-corrected chi connectivity index (χ1v) is 6.02. The summed E-state index contributed by atoms with van der Waals surface area (Å²) in [6.45, 7) is 8.63. The quantitative estimate of drug-likeness (QED) is 0.756. The summed E-state index contributed by atoms with van der Waals surface area (Å²) in [4.78, 5) is 13.9. The number of likely N-dealkylation sites (tertiary alicyclic amines) is 1. The van der Waals surface area contributed by atoms with Gasteiger partial charge in [-0.2, -0.15) is 0 Å². The maximum Gasteiger partial charge on any atom is 0.236 e. The first kappa shape index (κ1) is 12.5. The second-order valence-corrected chi connectivity index (χ2v) is 5.40. The topological polar surface area (TPSA) is 32.3 Å². The minimum absolute atomic E-state index is 0.0293. The average Bonchev–Trinajstić information content (AvgIpc) is 2.41. The third-order valence-electron chi connectivity index (χ3n) is 2.73. The lowest BCUT2D eigenvalue weighted by Crippen LogP contribution is -2.45. The van der Waals surface area contributed by atoms with Crippen LogP contribution in [-0.4, -0.2) is 36.0 Å². The molecule has 1 aliphatic heterocycles. The molecule has 3 nitrogen and oxygen atoms in total. The monoisotopic (exact) mass is 212 g/mol. The first-order valence-electron chi connectivity index (χ1n) is 6.02. The summed E-state index contributed by atoms with van der Waals surface area (Å²) < 4.78 is 0. The van der Waals surface area contributed by atoms with Crippen molar-refractivity contribution in [3.63, 3.8) is 0 Å². The molecule has 0 radical (unpaired) electrons. The molecule has 1 N–H and O–H groups in total. The van der Waals surface area contributed by atoms with Crippen LogP contribution in [0.15, 0.2) is 0 Å². The van der Waals surface area contributed by atoms with Crippen molar-refractivity contribution < 1.29 is 4.79 Å². The Morgan fingerprint density at radius 2 is 1.67 bits per heavy atom. The molecule has 0 bridgehead atoms. The van der Waals surface area contributed by atoms with E-state index in [1.807, 2.05) is 4.90 Å². The molecule has 0 aliphatic carbocycles. The Morgan fingerprint density at radius 1 is 1.13 bits per heavy atom. The zero-order valence-electron chi connectivity index (χ0n) is 10.3. The summed E-state index contributed by atoms with van der Waals surface area (Å²) in [5.41, 5.74) is 0.0293. The molecule has 88 valence electrons. The summed E-state index contributed by atoms with van der Waals surface area (Å²) in [6.07, 6.45) is 4.88. The van der Waals surface area contributed by atoms with E-state index in [9.17, 15) is 4.79 Å². The fraction of sp³-hybridized carbons (Fsp3) is 0.917. The fourth-order valence-electron chi connectivity index (χ4n) is 1.77. The molecule has 0 unspecified atom stereocenters. The normalized spacial score (nSPS) is 18.7. The summed E-state index contributed by atoms with van der Waals surface area (Å²) in [5.74, 6) is 0.256. The van der Waals surface area contributed by atoms with Gasteiger partial charge in [0.2, 0.25) is 5.91 Å². The van der Waals surface area contributed by atoms with Gasteiger partial charge in [0.05, 0.1) is 6.54 Å². The Labute approximate surface area is 93.2 Å². The van der Waals surface area contributed by atoms with Crippen LogP contribution in [0.4, 0.5) is 0 Å². The summed E-state index contributed by atoms with van der Waals surface area (Å²) in [7, 11) is 0. The van der Waals surface area contributed by atoms with Crippen molar-refractivity contribution in [2.24, 2.45) is 0 Å². The Balaban J connectivity index is 2.32. The largest absolute Gasteiger partial charge is 0.342 e. The zero-order chi connectivity index (χ0) is 11.3. The molecule has 1 fully saturated rings. The van der Waals surface area contributed by atoms with Gasteiger partial charge in [0.25, 0.3) is 0 Å². The van der Waals surface area contributed by atoms with Gasteiger partial charge < -0.3 is 10.2 Å². The van der Waals surface area contributed by atoms with E-state index in [0.29, 0.717) is 6.54 Å². The van der Waals surface area contributed by atoms with Crippen molar-refractivity contribution in [2.45, 2.75) is 52.0 Å². The van der Waals surface area contributed by atoms with Crippen LogP contribution in [-0.2, 0) is 4.79 Å². The molecule has 3 heteroatoms. The van der Waals surface area contributed by atoms with E-state index in [1.54, 1.807) is 0 Å². The van der Waals surface area contributed by atoms with E-state index in [0.717, 1.165) is 13.1 Å². The van der Waals surface area contributed by atoms with E-state index in [-0.39, 0.29) is 11.4 Å². The average molecular weight is 212 g/mol. The number of hydrogen-bond acceptors (Lipinski definition) is 2. The number of rotatable bonds is 2. The lowest BCUT2D eigenvalue weighted by Gasteiger charge is -2.25. The predicted octanol–water partition coefficient (Wildman–Crippen LogP) is 1.78. The maximum atomic E-state index is 11.9. The number of carbonyl (C=O) groups excluding carboxylic acids is 1. The zero-order valence-corrected chi connectivity index (χ0v) is 10.3. The number of nitrogens with one attached hydrogen (secondary N) is 1. The number of carbonyl (C=O) groups is 1. The lowest BCUT2D eigenvalue weighted by atomic mass is 10.1. The molecule has 0 aromatic carbocycles. The number of nitrogens with zero attached hydrogens (tertiary/aromatic N) is 1. The number of hydrogen-bond donors (Lipinski definition) is 1. The molecule has 1 heterocycles.